The number of halogens is 2. The zero-order valence-corrected chi connectivity index (χ0v) is 19.5. The van der Waals surface area contributed by atoms with Crippen molar-refractivity contribution in [3.8, 4) is 0 Å². The summed E-state index contributed by atoms with van der Waals surface area (Å²) >= 11 is 2.28. The SMILES string of the molecule is CC(C)C(=O)NCCn1c(Cc2cc3c(cc2I)CCC3=O)cc2c(N)nc(F)nc21. The van der Waals surface area contributed by atoms with E-state index in [1.54, 1.807) is 0 Å². The third-order valence-electron chi connectivity index (χ3n) is 5.57. The number of carbonyl (C=O) groups excluding carboxylic acids is 2. The minimum Gasteiger partial charge on any atom is -0.383 e. The van der Waals surface area contributed by atoms with Gasteiger partial charge < -0.3 is 15.6 Å². The Bertz CT molecular complexity index is 1200. The Balaban J connectivity index is 1.72. The highest BCUT2D eigenvalue weighted by molar-refractivity contribution is 14.1. The van der Waals surface area contributed by atoms with E-state index in [9.17, 15) is 14.0 Å². The summed E-state index contributed by atoms with van der Waals surface area (Å²) in [6.07, 6.45) is 0.968. The normalized spacial score (nSPS) is 13.3. The Morgan fingerprint density at radius 1 is 1.29 bits per heavy atom. The van der Waals surface area contributed by atoms with Gasteiger partial charge >= 0.3 is 6.08 Å². The van der Waals surface area contributed by atoms with Gasteiger partial charge in [0, 0.05) is 46.7 Å². The van der Waals surface area contributed by atoms with Crippen LogP contribution in [0.2, 0.25) is 0 Å². The number of Topliss-reactive ketones (excluding diaryl/α,β-unsaturated/α-hetero) is 1. The van der Waals surface area contributed by atoms with Crippen molar-refractivity contribution in [2.45, 2.75) is 39.7 Å². The molecule has 0 saturated heterocycles. The van der Waals surface area contributed by atoms with Gasteiger partial charge in [-0.3, -0.25) is 9.59 Å². The van der Waals surface area contributed by atoms with Crippen molar-refractivity contribution in [2.75, 3.05) is 12.3 Å². The summed E-state index contributed by atoms with van der Waals surface area (Å²) in [5.41, 5.74) is 10.1. The van der Waals surface area contributed by atoms with Crippen molar-refractivity contribution < 1.29 is 14.0 Å². The standard InChI is InChI=1S/C22H23FIN5O2/c1-11(2)21(31)26-5-6-29-14(10-16-19(25)27-22(23)28-20(16)29)7-13-8-15-12(9-17(13)24)3-4-18(15)30/h8-11H,3-7H2,1-2H3,(H,26,31)(H2,25,27,28). The van der Waals surface area contributed by atoms with E-state index < -0.39 is 6.08 Å². The average Bonchev–Trinajstić information content (AvgIpc) is 3.23. The van der Waals surface area contributed by atoms with Gasteiger partial charge in [-0.15, -0.1) is 0 Å². The number of anilines is 1. The Kier molecular flexibility index (Phi) is 5.96. The molecule has 0 unspecified atom stereocenters. The van der Waals surface area contributed by atoms with Crippen molar-refractivity contribution in [3.05, 3.63) is 50.2 Å². The highest BCUT2D eigenvalue weighted by Crippen LogP contribution is 2.30. The predicted octanol–water partition coefficient (Wildman–Crippen LogP) is 3.25. The van der Waals surface area contributed by atoms with Crippen LogP contribution in [0.5, 0.6) is 0 Å². The summed E-state index contributed by atoms with van der Waals surface area (Å²) in [5, 5.41) is 3.45. The van der Waals surface area contributed by atoms with Crippen LogP contribution in [0.1, 0.15) is 47.4 Å². The third kappa shape index (κ3) is 4.28. The number of hydrogen-bond acceptors (Lipinski definition) is 5. The van der Waals surface area contributed by atoms with Crippen LogP contribution >= 0.6 is 22.6 Å². The molecule has 3 aromatic rings. The molecule has 1 amide bonds. The van der Waals surface area contributed by atoms with Gasteiger partial charge in [0.2, 0.25) is 5.91 Å². The molecule has 2 heterocycles. The highest BCUT2D eigenvalue weighted by atomic mass is 127. The second kappa shape index (κ2) is 8.52. The second-order valence-corrected chi connectivity index (χ2v) is 9.21. The summed E-state index contributed by atoms with van der Waals surface area (Å²) in [4.78, 5) is 31.8. The van der Waals surface area contributed by atoms with Crippen LogP contribution in [0.3, 0.4) is 0 Å². The molecular formula is C22H23FIN5O2. The van der Waals surface area contributed by atoms with E-state index in [1.165, 1.54) is 0 Å². The first kappa shape index (κ1) is 21.7. The minimum absolute atomic E-state index is 0.0509. The van der Waals surface area contributed by atoms with Crippen LogP contribution in [0.4, 0.5) is 10.2 Å². The fourth-order valence-electron chi connectivity index (χ4n) is 3.90. The Hall–Kier alpha value is -2.56. The van der Waals surface area contributed by atoms with E-state index >= 15 is 0 Å². The molecule has 3 N–H and O–H groups in total. The van der Waals surface area contributed by atoms with Gasteiger partial charge in [-0.2, -0.15) is 14.4 Å². The van der Waals surface area contributed by atoms with Crippen LogP contribution in [-0.2, 0) is 24.2 Å². The van der Waals surface area contributed by atoms with Crippen LogP contribution in [-0.4, -0.2) is 32.8 Å². The predicted molar refractivity (Wildman–Crippen MR) is 124 cm³/mol. The number of fused-ring (bicyclic) bond motifs is 2. The van der Waals surface area contributed by atoms with Gasteiger partial charge in [0.05, 0.1) is 5.39 Å². The summed E-state index contributed by atoms with van der Waals surface area (Å²) < 4.78 is 16.8. The fraction of sp³-hybridized carbons (Fsp3) is 0.364. The number of amides is 1. The van der Waals surface area contributed by atoms with Crippen molar-refractivity contribution in [3.63, 3.8) is 0 Å². The zero-order valence-electron chi connectivity index (χ0n) is 17.3. The molecule has 0 bridgehead atoms. The van der Waals surface area contributed by atoms with Crippen molar-refractivity contribution in [1.82, 2.24) is 19.9 Å². The highest BCUT2D eigenvalue weighted by Gasteiger charge is 2.22. The monoisotopic (exact) mass is 535 g/mol. The quantitative estimate of drug-likeness (QED) is 0.373. The lowest BCUT2D eigenvalue weighted by Crippen LogP contribution is -2.31. The minimum atomic E-state index is -0.889. The number of nitrogen functional groups attached to an aromatic ring is 1. The van der Waals surface area contributed by atoms with Crippen molar-refractivity contribution in [2.24, 2.45) is 5.92 Å². The topological polar surface area (TPSA) is 103 Å². The number of carbonyl (C=O) groups is 2. The third-order valence-corrected chi connectivity index (χ3v) is 6.57. The molecule has 0 fully saturated rings. The average molecular weight is 535 g/mol. The molecule has 2 aromatic heterocycles. The number of nitrogens with two attached hydrogens (primary N) is 1. The lowest BCUT2D eigenvalue weighted by Gasteiger charge is -2.14. The van der Waals surface area contributed by atoms with E-state index in [2.05, 4.69) is 43.9 Å². The maximum absolute atomic E-state index is 13.9. The molecule has 0 spiro atoms. The number of nitrogens with one attached hydrogen (secondary N) is 1. The van der Waals surface area contributed by atoms with Crippen LogP contribution in [0.15, 0.2) is 18.2 Å². The van der Waals surface area contributed by atoms with Crippen molar-refractivity contribution >= 4 is 51.1 Å². The largest absolute Gasteiger partial charge is 0.383 e. The van der Waals surface area contributed by atoms with Gasteiger partial charge in [0.25, 0.3) is 0 Å². The fourth-order valence-corrected chi connectivity index (χ4v) is 4.62. The molecule has 31 heavy (non-hydrogen) atoms. The second-order valence-electron chi connectivity index (χ2n) is 8.05. The molecule has 0 saturated carbocycles. The number of rotatable bonds is 6. The Morgan fingerprint density at radius 2 is 2.06 bits per heavy atom. The smallest absolute Gasteiger partial charge is 0.312 e. The van der Waals surface area contributed by atoms with Crippen LogP contribution in [0.25, 0.3) is 11.0 Å². The maximum atomic E-state index is 13.9. The number of hydrogen-bond donors (Lipinski definition) is 2. The van der Waals surface area contributed by atoms with E-state index in [0.717, 1.165) is 32.4 Å². The first-order valence-corrected chi connectivity index (χ1v) is 11.3. The molecule has 162 valence electrons. The van der Waals surface area contributed by atoms with Gasteiger partial charge in [-0.1, -0.05) is 13.8 Å². The Labute approximate surface area is 192 Å². The Morgan fingerprint density at radius 3 is 2.81 bits per heavy atom. The molecule has 0 radical (unpaired) electrons. The van der Waals surface area contributed by atoms with Gasteiger partial charge in [0.1, 0.15) is 11.5 Å². The molecule has 7 nitrogen and oxygen atoms in total. The molecule has 0 aliphatic heterocycles. The molecular weight excluding hydrogens is 512 g/mol. The maximum Gasteiger partial charge on any atom is 0.312 e. The number of ketones is 1. The van der Waals surface area contributed by atoms with E-state index in [4.69, 9.17) is 5.73 Å². The van der Waals surface area contributed by atoms with Gasteiger partial charge in [0.15, 0.2) is 5.78 Å². The molecule has 9 heteroatoms. The van der Waals surface area contributed by atoms with Gasteiger partial charge in [-0.05, 0) is 58.3 Å². The summed E-state index contributed by atoms with van der Waals surface area (Å²) in [7, 11) is 0. The first-order chi connectivity index (χ1) is 14.7. The number of nitrogens with zero attached hydrogens (tertiary/aromatic N) is 3. The number of benzene rings is 1. The number of aryl methyl sites for hydroxylation is 1. The molecule has 4 rings (SSSR count). The molecule has 1 aromatic carbocycles. The number of aromatic nitrogens is 3. The molecule has 1 aliphatic carbocycles. The van der Waals surface area contributed by atoms with E-state index in [1.807, 2.05) is 30.5 Å². The first-order valence-electron chi connectivity index (χ1n) is 10.2. The van der Waals surface area contributed by atoms with Crippen LogP contribution in [0, 0.1) is 15.6 Å². The molecule has 0 atom stereocenters. The lowest BCUT2D eigenvalue weighted by molar-refractivity contribution is -0.124. The summed E-state index contributed by atoms with van der Waals surface area (Å²) in [5.74, 6) is 0.0705. The molecule has 1 aliphatic rings. The van der Waals surface area contributed by atoms with E-state index in [0.29, 0.717) is 37.0 Å². The van der Waals surface area contributed by atoms with E-state index in [-0.39, 0.29) is 23.4 Å². The zero-order chi connectivity index (χ0) is 22.3. The summed E-state index contributed by atoms with van der Waals surface area (Å²) in [6, 6.07) is 5.89. The van der Waals surface area contributed by atoms with Crippen molar-refractivity contribution in [1.29, 1.82) is 0 Å². The summed E-state index contributed by atoms with van der Waals surface area (Å²) in [6.45, 7) is 4.44. The van der Waals surface area contributed by atoms with Crippen LogP contribution < -0.4 is 11.1 Å². The van der Waals surface area contributed by atoms with Gasteiger partial charge in [-0.25, -0.2) is 0 Å². The lowest BCUT2D eigenvalue weighted by atomic mass is 10.0.